The van der Waals surface area contributed by atoms with Crippen LogP contribution in [0, 0.1) is 5.41 Å². The van der Waals surface area contributed by atoms with E-state index in [2.05, 4.69) is 10.3 Å². The van der Waals surface area contributed by atoms with Gasteiger partial charge in [-0.3, -0.25) is 4.98 Å². The molecule has 0 aliphatic heterocycles. The summed E-state index contributed by atoms with van der Waals surface area (Å²) in [5, 5.41) is 3.44. The number of hydrogen-bond acceptors (Lipinski definition) is 2. The molecule has 1 aromatic heterocycles. The number of hydrogen-bond donors (Lipinski definition) is 1. The first-order valence-electron chi connectivity index (χ1n) is 5.00. The molecule has 1 heterocycles. The van der Waals surface area contributed by atoms with Crippen molar-refractivity contribution < 1.29 is 0 Å². The van der Waals surface area contributed by atoms with Crippen molar-refractivity contribution in [3.63, 3.8) is 0 Å². The lowest BCUT2D eigenvalue weighted by Gasteiger charge is -2.11. The highest BCUT2D eigenvalue weighted by Crippen LogP contribution is 2.45. The minimum atomic E-state index is 0.411. The topological polar surface area (TPSA) is 24.9 Å². The van der Waals surface area contributed by atoms with Crippen LogP contribution in [-0.2, 0) is 6.54 Å². The van der Waals surface area contributed by atoms with Gasteiger partial charge < -0.3 is 5.32 Å². The second-order valence-corrected chi connectivity index (χ2v) is 4.36. The normalized spacial score (nSPS) is 18.1. The first-order chi connectivity index (χ1) is 6.85. The lowest BCUT2D eigenvalue weighted by Crippen LogP contribution is -2.24. The Kier molecular flexibility index (Phi) is 3.04. The first-order valence-corrected chi connectivity index (χ1v) is 5.54. The molecule has 0 aromatic carbocycles. The molecule has 1 N–H and O–H groups in total. The van der Waals surface area contributed by atoms with Gasteiger partial charge in [0.1, 0.15) is 0 Å². The molecule has 1 fully saturated rings. The number of nitrogens with one attached hydrogen (secondary N) is 1. The minimum absolute atomic E-state index is 0.411. The smallest absolute Gasteiger partial charge is 0.0292 e. The maximum absolute atomic E-state index is 5.89. The number of nitrogens with zero attached hydrogens (tertiary/aromatic N) is 1. The van der Waals surface area contributed by atoms with Gasteiger partial charge in [-0.2, -0.15) is 0 Å². The lowest BCUT2D eigenvalue weighted by molar-refractivity contribution is 0.504. The van der Waals surface area contributed by atoms with Gasteiger partial charge in [0.2, 0.25) is 0 Å². The van der Waals surface area contributed by atoms with Crippen molar-refractivity contribution in [2.24, 2.45) is 5.41 Å². The Labute approximate surface area is 89.7 Å². The predicted molar refractivity (Wildman–Crippen MR) is 58.3 cm³/mol. The average Bonchev–Trinajstić information content (AvgIpc) is 3.00. The summed E-state index contributed by atoms with van der Waals surface area (Å²) in [5.74, 6) is 0.788. The average molecular weight is 211 g/mol. The van der Waals surface area contributed by atoms with Crippen molar-refractivity contribution in [3.8, 4) is 0 Å². The zero-order valence-electron chi connectivity index (χ0n) is 8.17. The molecule has 0 unspecified atom stereocenters. The number of rotatable bonds is 5. The van der Waals surface area contributed by atoms with Crippen molar-refractivity contribution in [2.45, 2.75) is 19.4 Å². The highest BCUT2D eigenvalue weighted by Gasteiger charge is 2.40. The molecular weight excluding hydrogens is 196 g/mol. The summed E-state index contributed by atoms with van der Waals surface area (Å²) in [7, 11) is 0. The van der Waals surface area contributed by atoms with E-state index in [0.29, 0.717) is 5.41 Å². The fourth-order valence-electron chi connectivity index (χ4n) is 1.51. The van der Waals surface area contributed by atoms with E-state index in [1.54, 1.807) is 0 Å². The van der Waals surface area contributed by atoms with E-state index in [4.69, 9.17) is 11.6 Å². The Bertz CT molecular complexity index is 283. The van der Waals surface area contributed by atoms with E-state index < -0.39 is 0 Å². The second kappa shape index (κ2) is 4.28. The Morgan fingerprint density at radius 1 is 1.36 bits per heavy atom. The van der Waals surface area contributed by atoms with E-state index in [-0.39, 0.29) is 0 Å². The molecule has 2 nitrogen and oxygen atoms in total. The molecule has 1 saturated carbocycles. The Morgan fingerprint density at radius 2 is 2.07 bits per heavy atom. The van der Waals surface area contributed by atoms with Crippen LogP contribution in [0.2, 0.25) is 0 Å². The van der Waals surface area contributed by atoms with E-state index in [1.165, 1.54) is 18.4 Å². The molecule has 0 saturated heterocycles. The van der Waals surface area contributed by atoms with Crippen LogP contribution in [-0.4, -0.2) is 17.4 Å². The minimum Gasteiger partial charge on any atom is -0.312 e. The Hall–Kier alpha value is -0.600. The summed E-state index contributed by atoms with van der Waals surface area (Å²) in [4.78, 5) is 3.98. The third-order valence-electron chi connectivity index (χ3n) is 2.82. The third-order valence-corrected chi connectivity index (χ3v) is 3.39. The number of pyridine rings is 1. The molecule has 0 atom stereocenters. The van der Waals surface area contributed by atoms with Crippen LogP contribution in [0.1, 0.15) is 18.4 Å². The zero-order valence-corrected chi connectivity index (χ0v) is 8.93. The van der Waals surface area contributed by atoms with Crippen LogP contribution in [0.4, 0.5) is 0 Å². The van der Waals surface area contributed by atoms with E-state index in [9.17, 15) is 0 Å². The van der Waals surface area contributed by atoms with Crippen LogP contribution in [0.5, 0.6) is 0 Å². The van der Waals surface area contributed by atoms with Gasteiger partial charge in [-0.1, -0.05) is 0 Å². The molecule has 1 aromatic rings. The predicted octanol–water partition coefficient (Wildman–Crippen LogP) is 2.19. The highest BCUT2D eigenvalue weighted by atomic mass is 35.5. The van der Waals surface area contributed by atoms with Crippen LogP contribution >= 0.6 is 11.6 Å². The molecule has 0 spiro atoms. The molecular formula is C11H15ClN2. The summed E-state index contributed by atoms with van der Waals surface area (Å²) in [6, 6.07) is 4.07. The van der Waals surface area contributed by atoms with Crippen LogP contribution < -0.4 is 5.32 Å². The molecule has 3 heteroatoms. The van der Waals surface area contributed by atoms with Crippen LogP contribution in [0.3, 0.4) is 0 Å². The fourth-order valence-corrected chi connectivity index (χ4v) is 1.87. The van der Waals surface area contributed by atoms with Crippen molar-refractivity contribution in [3.05, 3.63) is 30.1 Å². The van der Waals surface area contributed by atoms with Gasteiger partial charge in [0.25, 0.3) is 0 Å². The van der Waals surface area contributed by atoms with Crippen LogP contribution in [0.15, 0.2) is 24.5 Å². The molecule has 14 heavy (non-hydrogen) atoms. The molecule has 2 rings (SSSR count). The summed E-state index contributed by atoms with van der Waals surface area (Å²) < 4.78 is 0. The molecule has 76 valence electrons. The van der Waals surface area contributed by atoms with E-state index in [1.807, 2.05) is 24.5 Å². The van der Waals surface area contributed by atoms with Gasteiger partial charge in [-0.25, -0.2) is 0 Å². The van der Waals surface area contributed by atoms with Crippen molar-refractivity contribution in [1.29, 1.82) is 0 Å². The molecule has 1 aliphatic rings. The van der Waals surface area contributed by atoms with Crippen molar-refractivity contribution >= 4 is 11.6 Å². The quantitative estimate of drug-likeness (QED) is 0.754. The number of alkyl halides is 1. The maximum atomic E-state index is 5.89. The zero-order chi connectivity index (χ0) is 9.86. The standard InChI is InChI=1S/C11H15ClN2/c12-8-11(3-4-11)9-14-7-10-1-5-13-6-2-10/h1-2,5-6,14H,3-4,7-9H2. The third kappa shape index (κ3) is 2.46. The van der Waals surface area contributed by atoms with Crippen molar-refractivity contribution in [1.82, 2.24) is 10.3 Å². The SMILES string of the molecule is ClCC1(CNCc2ccncc2)CC1. The maximum Gasteiger partial charge on any atom is 0.0292 e. The highest BCUT2D eigenvalue weighted by molar-refractivity contribution is 6.18. The van der Waals surface area contributed by atoms with Gasteiger partial charge in [-0.15, -0.1) is 11.6 Å². The monoisotopic (exact) mass is 210 g/mol. The Morgan fingerprint density at radius 3 is 2.64 bits per heavy atom. The van der Waals surface area contributed by atoms with Gasteiger partial charge >= 0.3 is 0 Å². The number of halogens is 1. The first kappa shape index (κ1) is 9.94. The summed E-state index contributed by atoms with van der Waals surface area (Å²) in [6.45, 7) is 1.96. The molecule has 0 amide bonds. The van der Waals surface area contributed by atoms with E-state index in [0.717, 1.165) is 19.0 Å². The molecule has 1 aliphatic carbocycles. The lowest BCUT2D eigenvalue weighted by atomic mass is 10.1. The van der Waals surface area contributed by atoms with Crippen molar-refractivity contribution in [2.75, 3.05) is 12.4 Å². The van der Waals surface area contributed by atoms with Gasteiger partial charge in [0, 0.05) is 31.4 Å². The Balaban J connectivity index is 1.73. The number of aromatic nitrogens is 1. The largest absolute Gasteiger partial charge is 0.312 e. The summed E-state index contributed by atoms with van der Waals surface area (Å²) in [5.41, 5.74) is 1.69. The summed E-state index contributed by atoms with van der Waals surface area (Å²) in [6.07, 6.45) is 6.20. The van der Waals surface area contributed by atoms with Gasteiger partial charge in [0.05, 0.1) is 0 Å². The molecule has 0 radical (unpaired) electrons. The summed E-state index contributed by atoms with van der Waals surface area (Å²) >= 11 is 5.89. The van der Waals surface area contributed by atoms with Gasteiger partial charge in [0.15, 0.2) is 0 Å². The fraction of sp³-hybridized carbons (Fsp3) is 0.545. The van der Waals surface area contributed by atoms with Gasteiger partial charge in [-0.05, 0) is 36.0 Å². The second-order valence-electron chi connectivity index (χ2n) is 4.09. The molecule has 0 bridgehead atoms. The van der Waals surface area contributed by atoms with Crippen LogP contribution in [0.25, 0.3) is 0 Å². The van der Waals surface area contributed by atoms with E-state index >= 15 is 0 Å².